The zero-order chi connectivity index (χ0) is 11.4. The molecule has 1 fully saturated rings. The number of nitrogens with zero attached hydrogens (tertiary/aromatic N) is 2. The molecule has 90 valence electrons. The van der Waals surface area contributed by atoms with Crippen molar-refractivity contribution in [2.24, 2.45) is 0 Å². The molecule has 0 radical (unpaired) electrons. The van der Waals surface area contributed by atoms with Crippen molar-refractivity contribution in [3.05, 3.63) is 24.0 Å². The van der Waals surface area contributed by atoms with Crippen LogP contribution in [0.25, 0.3) is 0 Å². The highest BCUT2D eigenvalue weighted by Crippen LogP contribution is 2.12. The first-order valence-electron chi connectivity index (χ1n) is 6.32. The van der Waals surface area contributed by atoms with Crippen molar-refractivity contribution in [2.75, 3.05) is 19.6 Å². The maximum atomic E-state index is 9.43. The summed E-state index contributed by atoms with van der Waals surface area (Å²) in [6.45, 7) is 6.49. The Morgan fingerprint density at radius 1 is 1.25 bits per heavy atom. The summed E-state index contributed by atoms with van der Waals surface area (Å²) in [6.07, 6.45) is 7.86. The van der Waals surface area contributed by atoms with Gasteiger partial charge in [0.1, 0.15) is 0 Å². The summed E-state index contributed by atoms with van der Waals surface area (Å²) in [6, 6.07) is 2.00. The third-order valence-corrected chi connectivity index (χ3v) is 3.38. The fourth-order valence-electron chi connectivity index (χ4n) is 2.29. The molecule has 0 aliphatic carbocycles. The van der Waals surface area contributed by atoms with E-state index < -0.39 is 0 Å². The van der Waals surface area contributed by atoms with E-state index in [0.717, 1.165) is 18.7 Å². The van der Waals surface area contributed by atoms with Gasteiger partial charge >= 0.3 is 0 Å². The summed E-state index contributed by atoms with van der Waals surface area (Å²) >= 11 is 0. The Kier molecular flexibility index (Phi) is 4.02. The van der Waals surface area contributed by atoms with E-state index in [4.69, 9.17) is 0 Å². The third-order valence-electron chi connectivity index (χ3n) is 3.38. The van der Waals surface area contributed by atoms with Gasteiger partial charge in [0.25, 0.3) is 0 Å². The lowest BCUT2D eigenvalue weighted by Gasteiger charge is -2.26. The SMILES string of the molecule is CC(O)c1ccn(CCN2CCCCC2)c1. The predicted octanol–water partition coefficient (Wildman–Crippen LogP) is 2.03. The van der Waals surface area contributed by atoms with Gasteiger partial charge in [-0.3, -0.25) is 0 Å². The fourth-order valence-corrected chi connectivity index (χ4v) is 2.29. The Morgan fingerprint density at radius 2 is 2.00 bits per heavy atom. The molecule has 1 aromatic rings. The number of likely N-dealkylation sites (tertiary alicyclic amines) is 1. The second-order valence-electron chi connectivity index (χ2n) is 4.76. The van der Waals surface area contributed by atoms with Crippen LogP contribution in [0.1, 0.15) is 37.9 Å². The van der Waals surface area contributed by atoms with E-state index in [-0.39, 0.29) is 6.10 Å². The van der Waals surface area contributed by atoms with Crippen LogP contribution >= 0.6 is 0 Å². The molecule has 3 heteroatoms. The molecule has 3 nitrogen and oxygen atoms in total. The van der Waals surface area contributed by atoms with Crippen molar-refractivity contribution >= 4 is 0 Å². The van der Waals surface area contributed by atoms with Crippen molar-refractivity contribution in [1.29, 1.82) is 0 Å². The van der Waals surface area contributed by atoms with Crippen LogP contribution in [0.15, 0.2) is 18.5 Å². The van der Waals surface area contributed by atoms with Gasteiger partial charge in [-0.15, -0.1) is 0 Å². The summed E-state index contributed by atoms with van der Waals surface area (Å²) in [4.78, 5) is 2.53. The second-order valence-corrected chi connectivity index (χ2v) is 4.76. The molecule has 1 unspecified atom stereocenters. The minimum Gasteiger partial charge on any atom is -0.389 e. The molecule has 16 heavy (non-hydrogen) atoms. The molecule has 0 aromatic carbocycles. The Balaban J connectivity index is 1.79. The largest absolute Gasteiger partial charge is 0.389 e. The van der Waals surface area contributed by atoms with E-state index in [9.17, 15) is 5.11 Å². The summed E-state index contributed by atoms with van der Waals surface area (Å²) in [5.74, 6) is 0. The third kappa shape index (κ3) is 3.09. The Morgan fingerprint density at radius 3 is 2.62 bits per heavy atom. The van der Waals surface area contributed by atoms with E-state index in [2.05, 4.69) is 21.9 Å². The minimum absolute atomic E-state index is 0.351. The van der Waals surface area contributed by atoms with Gasteiger partial charge in [0, 0.05) is 25.5 Å². The first kappa shape index (κ1) is 11.7. The molecule has 1 saturated heterocycles. The second kappa shape index (κ2) is 5.51. The van der Waals surface area contributed by atoms with Crippen LogP contribution in [-0.2, 0) is 6.54 Å². The average Bonchev–Trinajstić information content (AvgIpc) is 2.76. The summed E-state index contributed by atoms with van der Waals surface area (Å²) in [7, 11) is 0. The number of hydrogen-bond acceptors (Lipinski definition) is 2. The number of hydrogen-bond donors (Lipinski definition) is 1. The van der Waals surface area contributed by atoms with Crippen LogP contribution in [0, 0.1) is 0 Å². The minimum atomic E-state index is -0.351. The highest BCUT2D eigenvalue weighted by molar-refractivity contribution is 5.12. The Bertz CT molecular complexity index is 313. The first-order valence-corrected chi connectivity index (χ1v) is 6.32. The number of aromatic nitrogens is 1. The van der Waals surface area contributed by atoms with E-state index in [0.29, 0.717) is 0 Å². The molecule has 0 saturated carbocycles. The zero-order valence-corrected chi connectivity index (χ0v) is 10.1. The van der Waals surface area contributed by atoms with E-state index in [1.54, 1.807) is 0 Å². The van der Waals surface area contributed by atoms with Crippen molar-refractivity contribution < 1.29 is 5.11 Å². The first-order chi connectivity index (χ1) is 7.75. The fraction of sp³-hybridized carbons (Fsp3) is 0.692. The summed E-state index contributed by atoms with van der Waals surface area (Å²) in [5, 5.41) is 9.43. The molecule has 1 aliphatic heterocycles. The van der Waals surface area contributed by atoms with Gasteiger partial charge in [0.2, 0.25) is 0 Å². The molecule has 1 atom stereocenters. The van der Waals surface area contributed by atoms with Gasteiger partial charge < -0.3 is 14.6 Å². The maximum Gasteiger partial charge on any atom is 0.0776 e. The lowest BCUT2D eigenvalue weighted by Crippen LogP contribution is -2.32. The van der Waals surface area contributed by atoms with E-state index in [1.165, 1.54) is 32.4 Å². The molecule has 2 rings (SSSR count). The van der Waals surface area contributed by atoms with Gasteiger partial charge in [-0.05, 0) is 44.5 Å². The standard InChI is InChI=1S/C13H22N2O/c1-12(16)13-5-8-15(11-13)10-9-14-6-3-2-4-7-14/h5,8,11-12,16H,2-4,6-7,9-10H2,1H3. The highest BCUT2D eigenvalue weighted by atomic mass is 16.3. The molecule has 1 aliphatic rings. The van der Waals surface area contributed by atoms with Gasteiger partial charge in [0.15, 0.2) is 0 Å². The van der Waals surface area contributed by atoms with Crippen LogP contribution in [-0.4, -0.2) is 34.2 Å². The molecular weight excluding hydrogens is 200 g/mol. The van der Waals surface area contributed by atoms with E-state index in [1.807, 2.05) is 13.0 Å². The van der Waals surface area contributed by atoms with Gasteiger partial charge in [-0.2, -0.15) is 0 Å². The van der Waals surface area contributed by atoms with Crippen LogP contribution in [0.4, 0.5) is 0 Å². The van der Waals surface area contributed by atoms with Crippen molar-refractivity contribution in [3.8, 4) is 0 Å². The van der Waals surface area contributed by atoms with E-state index >= 15 is 0 Å². The molecule has 0 spiro atoms. The number of piperidine rings is 1. The van der Waals surface area contributed by atoms with Crippen LogP contribution in [0.2, 0.25) is 0 Å². The molecule has 0 bridgehead atoms. The topological polar surface area (TPSA) is 28.4 Å². The van der Waals surface area contributed by atoms with Crippen molar-refractivity contribution in [2.45, 2.75) is 38.8 Å². The van der Waals surface area contributed by atoms with Gasteiger partial charge in [0.05, 0.1) is 6.10 Å². The smallest absolute Gasteiger partial charge is 0.0776 e. The quantitative estimate of drug-likeness (QED) is 0.844. The monoisotopic (exact) mass is 222 g/mol. The summed E-state index contributed by atoms with van der Waals surface area (Å²) < 4.78 is 2.18. The molecular formula is C13H22N2O. The number of aliphatic hydroxyl groups is 1. The van der Waals surface area contributed by atoms with Crippen molar-refractivity contribution in [3.63, 3.8) is 0 Å². The highest BCUT2D eigenvalue weighted by Gasteiger charge is 2.09. The van der Waals surface area contributed by atoms with Crippen molar-refractivity contribution in [1.82, 2.24) is 9.47 Å². The average molecular weight is 222 g/mol. The lowest BCUT2D eigenvalue weighted by molar-refractivity contribution is 0.198. The maximum absolute atomic E-state index is 9.43. The summed E-state index contributed by atoms with van der Waals surface area (Å²) in [5.41, 5.74) is 1.01. The lowest BCUT2D eigenvalue weighted by atomic mass is 10.1. The Labute approximate surface area is 97.7 Å². The van der Waals surface area contributed by atoms with Gasteiger partial charge in [-0.1, -0.05) is 6.42 Å². The van der Waals surface area contributed by atoms with Crippen LogP contribution in [0.3, 0.4) is 0 Å². The predicted molar refractivity (Wildman–Crippen MR) is 65.4 cm³/mol. The van der Waals surface area contributed by atoms with Gasteiger partial charge in [-0.25, -0.2) is 0 Å². The molecule has 0 amide bonds. The molecule has 1 aromatic heterocycles. The number of rotatable bonds is 4. The number of aliphatic hydroxyl groups excluding tert-OH is 1. The van der Waals surface area contributed by atoms with Crippen LogP contribution in [0.5, 0.6) is 0 Å². The Hall–Kier alpha value is -0.800. The zero-order valence-electron chi connectivity index (χ0n) is 10.1. The molecule has 2 heterocycles. The normalized spacial score (nSPS) is 19.9. The molecule has 1 N–H and O–H groups in total. The van der Waals surface area contributed by atoms with Crippen LogP contribution < -0.4 is 0 Å².